The normalized spacial score (nSPS) is 15.8. The van der Waals surface area contributed by atoms with Crippen molar-refractivity contribution in [3.63, 3.8) is 0 Å². The van der Waals surface area contributed by atoms with E-state index in [9.17, 15) is 0 Å². The van der Waals surface area contributed by atoms with Gasteiger partial charge < -0.3 is 0 Å². The van der Waals surface area contributed by atoms with Crippen LogP contribution in [0.25, 0.3) is 0 Å². The maximum atomic E-state index is 6.02. The second-order valence-corrected chi connectivity index (χ2v) is 10.4. The molecule has 2 nitrogen and oxygen atoms in total. The van der Waals surface area contributed by atoms with Crippen LogP contribution in [0.1, 0.15) is 0 Å². The summed E-state index contributed by atoms with van der Waals surface area (Å²) in [5.41, 5.74) is 0. The standard InChI is InChI=1S/C8H20N2S2/c1-7-11(3,4)10(9)12(5,6)8-2/h7-8H,1-2,9H2,3-6H3. The van der Waals surface area contributed by atoms with E-state index in [0.29, 0.717) is 0 Å². The molecule has 0 saturated heterocycles. The Morgan fingerprint density at radius 1 is 1.00 bits per heavy atom. The second kappa shape index (κ2) is 3.87. The Bertz CT molecular complexity index is 167. The number of hydrogen-bond acceptors (Lipinski definition) is 2. The molecule has 74 valence electrons. The van der Waals surface area contributed by atoms with Crippen LogP contribution < -0.4 is 5.84 Å². The molecule has 0 aliphatic rings. The van der Waals surface area contributed by atoms with Crippen LogP contribution in [0.5, 0.6) is 0 Å². The third-order valence-corrected chi connectivity index (χ3v) is 7.54. The Balaban J connectivity index is 4.69. The second-order valence-electron chi connectivity index (χ2n) is 3.32. The molecule has 0 bridgehead atoms. The maximum Gasteiger partial charge on any atom is -0.0170 e. The first-order valence-electron chi connectivity index (χ1n) is 3.54. The summed E-state index contributed by atoms with van der Waals surface area (Å²) in [5, 5.41) is 3.87. The van der Waals surface area contributed by atoms with Crippen LogP contribution in [0.2, 0.25) is 0 Å². The summed E-state index contributed by atoms with van der Waals surface area (Å²) in [6.45, 7) is 7.59. The molecule has 0 aromatic rings. The van der Waals surface area contributed by atoms with E-state index in [1.54, 1.807) is 0 Å². The Morgan fingerprint density at radius 3 is 1.42 bits per heavy atom. The van der Waals surface area contributed by atoms with Crippen LogP contribution in [0.3, 0.4) is 0 Å². The number of rotatable bonds is 4. The van der Waals surface area contributed by atoms with Crippen LogP contribution in [0.4, 0.5) is 0 Å². The van der Waals surface area contributed by atoms with Gasteiger partial charge in [-0.2, -0.15) is 3.82 Å². The van der Waals surface area contributed by atoms with Gasteiger partial charge in [0.2, 0.25) is 0 Å². The molecule has 0 radical (unpaired) electrons. The third-order valence-electron chi connectivity index (χ3n) is 1.74. The van der Waals surface area contributed by atoms with Gasteiger partial charge in [-0.1, -0.05) is 13.2 Å². The van der Waals surface area contributed by atoms with Crippen LogP contribution in [0, 0.1) is 0 Å². The number of nitrogens with two attached hydrogens (primary N) is 1. The quantitative estimate of drug-likeness (QED) is 0.568. The largest absolute Gasteiger partial charge is 0.251 e. The molecule has 0 atom stereocenters. The van der Waals surface area contributed by atoms with Crippen molar-refractivity contribution in [2.75, 3.05) is 25.0 Å². The summed E-state index contributed by atoms with van der Waals surface area (Å²) in [7, 11) is -2.05. The molecule has 12 heavy (non-hydrogen) atoms. The van der Waals surface area contributed by atoms with Crippen LogP contribution in [0.15, 0.2) is 24.0 Å². The predicted molar refractivity (Wildman–Crippen MR) is 65.3 cm³/mol. The molecule has 0 aliphatic carbocycles. The topological polar surface area (TPSA) is 29.3 Å². The van der Waals surface area contributed by atoms with Crippen molar-refractivity contribution in [2.45, 2.75) is 0 Å². The average molecular weight is 208 g/mol. The van der Waals surface area contributed by atoms with Crippen LogP contribution in [-0.2, 0) is 0 Å². The Hall–Kier alpha value is 0.1000. The summed E-state index contributed by atoms with van der Waals surface area (Å²) in [5.74, 6) is 6.02. The Labute approximate surface area is 79.4 Å². The fourth-order valence-electron chi connectivity index (χ4n) is 0.642. The van der Waals surface area contributed by atoms with Gasteiger partial charge in [-0.05, 0) is 35.8 Å². The van der Waals surface area contributed by atoms with Gasteiger partial charge in [0, 0.05) is 0 Å². The van der Waals surface area contributed by atoms with E-state index in [4.69, 9.17) is 5.84 Å². The average Bonchev–Trinajstić information content (AvgIpc) is 2.03. The summed E-state index contributed by atoms with van der Waals surface area (Å²) in [4.78, 5) is 0. The molecule has 0 saturated carbocycles. The van der Waals surface area contributed by atoms with Gasteiger partial charge >= 0.3 is 0 Å². The summed E-state index contributed by atoms with van der Waals surface area (Å²) in [6, 6.07) is 0. The summed E-state index contributed by atoms with van der Waals surface area (Å²) >= 11 is 0. The monoisotopic (exact) mass is 208 g/mol. The van der Waals surface area contributed by atoms with Gasteiger partial charge in [0.15, 0.2) is 0 Å². The van der Waals surface area contributed by atoms with Crippen LogP contribution >= 0.6 is 20.4 Å². The first kappa shape index (κ1) is 12.1. The minimum absolute atomic E-state index is 1.03. The molecule has 0 heterocycles. The van der Waals surface area contributed by atoms with Gasteiger partial charge in [0.05, 0.1) is 0 Å². The lowest BCUT2D eigenvalue weighted by Gasteiger charge is -2.48. The molecule has 0 fully saturated rings. The first-order chi connectivity index (χ1) is 5.28. The lowest BCUT2D eigenvalue weighted by molar-refractivity contribution is 0.790. The lowest BCUT2D eigenvalue weighted by Crippen LogP contribution is -2.33. The minimum atomic E-state index is -1.03. The molecule has 0 aromatic carbocycles. The van der Waals surface area contributed by atoms with Crippen molar-refractivity contribution in [2.24, 2.45) is 5.84 Å². The highest BCUT2D eigenvalue weighted by molar-refractivity contribution is 8.46. The van der Waals surface area contributed by atoms with E-state index in [1.807, 2.05) is 14.6 Å². The fourth-order valence-corrected chi connectivity index (χ4v) is 5.26. The van der Waals surface area contributed by atoms with Gasteiger partial charge in [-0.25, -0.2) is 0 Å². The zero-order valence-corrected chi connectivity index (χ0v) is 10.0. The lowest BCUT2D eigenvalue weighted by atomic mass is 11.3. The summed E-state index contributed by atoms with van der Waals surface area (Å²) in [6.07, 6.45) is 8.49. The summed E-state index contributed by atoms with van der Waals surface area (Å²) < 4.78 is 1.92. The van der Waals surface area contributed by atoms with Crippen molar-refractivity contribution in [3.8, 4) is 0 Å². The smallest absolute Gasteiger partial charge is 0.0170 e. The molecule has 4 heteroatoms. The Morgan fingerprint density at radius 2 is 1.25 bits per heavy atom. The number of hydrazine groups is 1. The highest BCUT2D eigenvalue weighted by Gasteiger charge is 2.24. The van der Waals surface area contributed by atoms with Crippen molar-refractivity contribution < 1.29 is 0 Å². The van der Waals surface area contributed by atoms with Gasteiger partial charge in [-0.3, -0.25) is 5.84 Å². The zero-order chi connectivity index (χ0) is 9.99. The Kier molecular flexibility index (Phi) is 3.90. The molecular formula is C8H20N2S2. The molecular weight excluding hydrogens is 188 g/mol. The fraction of sp³-hybridized carbons (Fsp3) is 0.500. The van der Waals surface area contributed by atoms with E-state index in [1.165, 1.54) is 0 Å². The van der Waals surface area contributed by atoms with Crippen molar-refractivity contribution in [3.05, 3.63) is 24.0 Å². The molecule has 0 aromatic heterocycles. The number of hydrogen-bond donors (Lipinski definition) is 1. The molecule has 0 aliphatic heterocycles. The van der Waals surface area contributed by atoms with Crippen molar-refractivity contribution >= 4 is 20.4 Å². The predicted octanol–water partition coefficient (Wildman–Crippen LogP) is 2.41. The van der Waals surface area contributed by atoms with Crippen molar-refractivity contribution in [1.29, 1.82) is 0 Å². The molecule has 2 N–H and O–H groups in total. The van der Waals surface area contributed by atoms with Crippen LogP contribution in [-0.4, -0.2) is 28.8 Å². The van der Waals surface area contributed by atoms with Gasteiger partial charge in [0.1, 0.15) is 0 Å². The first-order valence-corrected chi connectivity index (χ1v) is 8.48. The maximum absolute atomic E-state index is 6.02. The third kappa shape index (κ3) is 2.55. The van der Waals surface area contributed by atoms with E-state index < -0.39 is 20.4 Å². The molecule has 0 rings (SSSR count). The van der Waals surface area contributed by atoms with E-state index in [0.717, 1.165) is 0 Å². The molecule has 0 amide bonds. The van der Waals surface area contributed by atoms with E-state index in [2.05, 4.69) is 38.2 Å². The van der Waals surface area contributed by atoms with E-state index in [-0.39, 0.29) is 0 Å². The van der Waals surface area contributed by atoms with E-state index >= 15 is 0 Å². The number of nitrogens with zero attached hydrogens (tertiary/aromatic N) is 1. The molecule has 0 unspecified atom stereocenters. The highest BCUT2D eigenvalue weighted by atomic mass is 32.3. The van der Waals surface area contributed by atoms with Gasteiger partial charge in [-0.15, -0.1) is 20.4 Å². The van der Waals surface area contributed by atoms with Gasteiger partial charge in [0.25, 0.3) is 0 Å². The minimum Gasteiger partial charge on any atom is -0.251 e. The molecule has 0 spiro atoms. The zero-order valence-electron chi connectivity index (χ0n) is 8.41. The SMILES string of the molecule is C=CS(C)(C)N(N)S(C)(C)C=C. The van der Waals surface area contributed by atoms with Crippen molar-refractivity contribution in [1.82, 2.24) is 3.82 Å². The highest BCUT2D eigenvalue weighted by Crippen LogP contribution is 2.59.